The lowest BCUT2D eigenvalue weighted by molar-refractivity contribution is -0.388. The summed E-state index contributed by atoms with van der Waals surface area (Å²) in [5.41, 5.74) is 6.33. The maximum atomic E-state index is 11.4. The Morgan fingerprint density at radius 2 is 1.64 bits per heavy atom. The summed E-state index contributed by atoms with van der Waals surface area (Å²) in [5.74, 6) is -0.271. The number of nitriles is 1. The fourth-order valence-corrected chi connectivity index (χ4v) is 3.07. The van der Waals surface area contributed by atoms with Gasteiger partial charge in [0.05, 0.1) is 17.3 Å². The van der Waals surface area contributed by atoms with Crippen molar-refractivity contribution in [2.24, 2.45) is 0 Å². The third-order valence-corrected chi connectivity index (χ3v) is 4.28. The molecule has 3 rings (SSSR count). The van der Waals surface area contributed by atoms with Gasteiger partial charge in [-0.3, -0.25) is 0 Å². The summed E-state index contributed by atoms with van der Waals surface area (Å²) in [5, 5.41) is 26.6. The Bertz CT molecular complexity index is 1060. The molecule has 0 unspecified atom stereocenters. The molecule has 0 saturated heterocycles. The van der Waals surface area contributed by atoms with Gasteiger partial charge in [-0.15, -0.1) is 0 Å². The first-order valence-corrected chi connectivity index (χ1v) is 8.64. The molecule has 0 amide bonds. The van der Waals surface area contributed by atoms with Gasteiger partial charge in [0, 0.05) is 11.4 Å². The van der Waals surface area contributed by atoms with E-state index in [-0.39, 0.29) is 11.5 Å². The van der Waals surface area contributed by atoms with Gasteiger partial charge in [-0.25, -0.2) is 0 Å². The monoisotopic (exact) mass is 373 g/mol. The van der Waals surface area contributed by atoms with Crippen LogP contribution in [0.25, 0.3) is 0 Å². The number of hydrogen-bond acceptors (Lipinski definition) is 6. The second-order valence-corrected chi connectivity index (χ2v) is 6.57. The number of aromatic nitrogens is 1. The van der Waals surface area contributed by atoms with Crippen molar-refractivity contribution < 1.29 is 4.92 Å². The number of nitrogens with zero attached hydrogens (tertiary/aromatic N) is 3. The fourth-order valence-electron chi connectivity index (χ4n) is 3.07. The molecule has 7 heteroatoms. The van der Waals surface area contributed by atoms with Gasteiger partial charge in [-0.2, -0.15) is 5.26 Å². The van der Waals surface area contributed by atoms with Crippen molar-refractivity contribution in [2.45, 2.75) is 20.8 Å². The Kier molecular flexibility index (Phi) is 5.23. The summed E-state index contributed by atoms with van der Waals surface area (Å²) in [6, 6.07) is 14.5. The van der Waals surface area contributed by atoms with E-state index in [0.29, 0.717) is 16.9 Å². The van der Waals surface area contributed by atoms with Crippen LogP contribution in [-0.4, -0.2) is 9.91 Å². The third kappa shape index (κ3) is 4.07. The first-order chi connectivity index (χ1) is 13.4. The minimum absolute atomic E-state index is 0.266. The molecule has 140 valence electrons. The molecule has 0 aliphatic carbocycles. The molecule has 3 aromatic rings. The smallest absolute Gasteiger partial charge is 0.358 e. The Labute approximate surface area is 162 Å². The highest BCUT2D eigenvalue weighted by atomic mass is 16.6. The van der Waals surface area contributed by atoms with Crippen LogP contribution in [0.5, 0.6) is 0 Å². The minimum atomic E-state index is -0.530. The van der Waals surface area contributed by atoms with Crippen LogP contribution in [0.15, 0.2) is 48.7 Å². The molecule has 28 heavy (non-hydrogen) atoms. The van der Waals surface area contributed by atoms with Crippen molar-refractivity contribution in [1.82, 2.24) is 4.98 Å². The Morgan fingerprint density at radius 1 is 1.00 bits per heavy atom. The standard InChI is InChI=1S/C21H19N5O2/c1-13-8-14(2)20(15(3)9-13)25-18-10-19(21(23-12-18)26(27)28)24-17-6-4-16(11-22)5-7-17/h4-10,12,24-25H,1-3H3. The van der Waals surface area contributed by atoms with Crippen molar-refractivity contribution >= 4 is 28.6 Å². The number of benzene rings is 2. The van der Waals surface area contributed by atoms with Gasteiger partial charge in [-0.05, 0) is 72.1 Å². The van der Waals surface area contributed by atoms with Gasteiger partial charge in [-0.1, -0.05) is 17.7 Å². The molecule has 0 atom stereocenters. The Morgan fingerprint density at radius 3 is 2.21 bits per heavy atom. The summed E-state index contributed by atoms with van der Waals surface area (Å²) in [7, 11) is 0. The van der Waals surface area contributed by atoms with Crippen molar-refractivity contribution in [2.75, 3.05) is 10.6 Å². The average molecular weight is 373 g/mol. The molecule has 0 saturated carbocycles. The lowest BCUT2D eigenvalue weighted by Crippen LogP contribution is -2.03. The van der Waals surface area contributed by atoms with Crippen molar-refractivity contribution in [3.63, 3.8) is 0 Å². The molecule has 0 spiro atoms. The number of nitro groups is 1. The number of pyridine rings is 1. The van der Waals surface area contributed by atoms with E-state index in [1.807, 2.05) is 26.8 Å². The van der Waals surface area contributed by atoms with E-state index in [9.17, 15) is 10.1 Å². The number of rotatable bonds is 5. The molecular formula is C21H19N5O2. The van der Waals surface area contributed by atoms with E-state index in [1.54, 1.807) is 30.3 Å². The van der Waals surface area contributed by atoms with Crippen molar-refractivity contribution in [1.29, 1.82) is 5.26 Å². The third-order valence-electron chi connectivity index (χ3n) is 4.28. The molecule has 0 aliphatic heterocycles. The Hall–Kier alpha value is -3.92. The van der Waals surface area contributed by atoms with Gasteiger partial charge in [0.2, 0.25) is 0 Å². The van der Waals surface area contributed by atoms with Gasteiger partial charge < -0.3 is 20.7 Å². The first kappa shape index (κ1) is 18.9. The zero-order valence-electron chi connectivity index (χ0n) is 15.8. The van der Waals surface area contributed by atoms with E-state index in [4.69, 9.17) is 5.26 Å². The highest BCUT2D eigenvalue weighted by molar-refractivity contribution is 5.75. The second-order valence-electron chi connectivity index (χ2n) is 6.57. The van der Waals surface area contributed by atoms with Crippen molar-refractivity contribution in [3.05, 3.63) is 81.0 Å². The lowest BCUT2D eigenvalue weighted by Gasteiger charge is -2.14. The van der Waals surface area contributed by atoms with E-state index >= 15 is 0 Å². The normalized spacial score (nSPS) is 10.2. The molecule has 2 aromatic carbocycles. The SMILES string of the molecule is Cc1cc(C)c(Nc2cnc([N+](=O)[O-])c(Nc3ccc(C#N)cc3)c2)c(C)c1. The van der Waals surface area contributed by atoms with Gasteiger partial charge >= 0.3 is 5.82 Å². The number of hydrogen-bond donors (Lipinski definition) is 2. The predicted octanol–water partition coefficient (Wildman–Crippen LogP) is 5.27. The molecule has 1 aromatic heterocycles. The number of aryl methyl sites for hydroxylation is 3. The zero-order chi connectivity index (χ0) is 20.3. The largest absolute Gasteiger partial charge is 0.387 e. The molecule has 0 fully saturated rings. The maximum absolute atomic E-state index is 11.4. The summed E-state index contributed by atoms with van der Waals surface area (Å²) >= 11 is 0. The second kappa shape index (κ2) is 7.76. The first-order valence-electron chi connectivity index (χ1n) is 8.64. The van der Waals surface area contributed by atoms with Crippen LogP contribution in [0.3, 0.4) is 0 Å². The fraction of sp³-hybridized carbons (Fsp3) is 0.143. The van der Waals surface area contributed by atoms with Gasteiger partial charge in [0.1, 0.15) is 5.69 Å². The van der Waals surface area contributed by atoms with Crippen LogP contribution >= 0.6 is 0 Å². The van der Waals surface area contributed by atoms with E-state index in [0.717, 1.165) is 16.8 Å². The highest BCUT2D eigenvalue weighted by Crippen LogP contribution is 2.31. The summed E-state index contributed by atoms with van der Waals surface area (Å²) in [4.78, 5) is 14.8. The van der Waals surface area contributed by atoms with Crippen LogP contribution < -0.4 is 10.6 Å². The number of anilines is 4. The predicted molar refractivity (Wildman–Crippen MR) is 109 cm³/mol. The van der Waals surface area contributed by atoms with E-state index < -0.39 is 4.92 Å². The molecular weight excluding hydrogens is 354 g/mol. The average Bonchev–Trinajstić information content (AvgIpc) is 2.65. The van der Waals surface area contributed by atoms with Gasteiger partial charge in [0.25, 0.3) is 0 Å². The van der Waals surface area contributed by atoms with Gasteiger partial charge in [0.15, 0.2) is 6.20 Å². The highest BCUT2D eigenvalue weighted by Gasteiger charge is 2.17. The van der Waals surface area contributed by atoms with E-state index in [1.165, 1.54) is 11.8 Å². The summed E-state index contributed by atoms with van der Waals surface area (Å²) < 4.78 is 0. The molecule has 0 radical (unpaired) electrons. The van der Waals surface area contributed by atoms with E-state index in [2.05, 4.69) is 27.8 Å². The molecule has 1 heterocycles. The maximum Gasteiger partial charge on any atom is 0.387 e. The quantitative estimate of drug-likeness (QED) is 0.466. The number of nitrogens with one attached hydrogen (secondary N) is 2. The lowest BCUT2D eigenvalue weighted by atomic mass is 10.0. The topological polar surface area (TPSA) is 104 Å². The molecule has 0 aliphatic rings. The van der Waals surface area contributed by atoms with Crippen LogP contribution in [-0.2, 0) is 0 Å². The molecule has 0 bridgehead atoms. The zero-order valence-corrected chi connectivity index (χ0v) is 15.8. The van der Waals surface area contributed by atoms with Crippen LogP contribution in [0.2, 0.25) is 0 Å². The minimum Gasteiger partial charge on any atom is -0.358 e. The summed E-state index contributed by atoms with van der Waals surface area (Å²) in [6.07, 6.45) is 1.45. The Balaban J connectivity index is 1.95. The molecule has 2 N–H and O–H groups in total. The van der Waals surface area contributed by atoms with Crippen molar-refractivity contribution in [3.8, 4) is 6.07 Å². The van der Waals surface area contributed by atoms with Crippen LogP contribution in [0, 0.1) is 42.2 Å². The van der Waals surface area contributed by atoms with Crippen LogP contribution in [0.4, 0.5) is 28.6 Å². The van der Waals surface area contributed by atoms with Crippen LogP contribution in [0.1, 0.15) is 22.3 Å². The summed E-state index contributed by atoms with van der Waals surface area (Å²) in [6.45, 7) is 6.06. The molecule has 7 nitrogen and oxygen atoms in total.